The van der Waals surface area contributed by atoms with Crippen LogP contribution in [0.1, 0.15) is 26.7 Å². The number of ether oxygens (including phenoxy) is 1. The van der Waals surface area contributed by atoms with Crippen molar-refractivity contribution in [2.45, 2.75) is 26.7 Å². The molecular formula is C14H22BrNO. The summed E-state index contributed by atoms with van der Waals surface area (Å²) in [5.74, 6) is 1.72. The van der Waals surface area contributed by atoms with E-state index in [-0.39, 0.29) is 0 Å². The van der Waals surface area contributed by atoms with Crippen molar-refractivity contribution in [1.82, 2.24) is 5.32 Å². The molecule has 1 aromatic rings. The molecule has 0 saturated heterocycles. The van der Waals surface area contributed by atoms with Gasteiger partial charge in [-0.1, -0.05) is 42.6 Å². The number of rotatable bonds is 8. The Hall–Kier alpha value is -0.540. The zero-order chi connectivity index (χ0) is 12.5. The maximum absolute atomic E-state index is 5.63. The van der Waals surface area contributed by atoms with E-state index >= 15 is 0 Å². The number of hydrogen-bond donors (Lipinski definition) is 1. The summed E-state index contributed by atoms with van der Waals surface area (Å²) in [6.45, 7) is 7.22. The summed E-state index contributed by atoms with van der Waals surface area (Å²) in [6.07, 6.45) is 2.49. The normalized spacial score (nSPS) is 10.8. The molecule has 0 heterocycles. The van der Waals surface area contributed by atoms with Crippen molar-refractivity contribution >= 4 is 15.9 Å². The van der Waals surface area contributed by atoms with Gasteiger partial charge in [-0.2, -0.15) is 0 Å². The van der Waals surface area contributed by atoms with Crippen LogP contribution < -0.4 is 10.1 Å². The van der Waals surface area contributed by atoms with Crippen molar-refractivity contribution in [3.8, 4) is 5.75 Å². The van der Waals surface area contributed by atoms with E-state index in [4.69, 9.17) is 4.74 Å². The van der Waals surface area contributed by atoms with Crippen molar-refractivity contribution in [3.05, 3.63) is 28.7 Å². The molecule has 2 nitrogen and oxygen atoms in total. The first-order valence-corrected chi connectivity index (χ1v) is 7.14. The number of nitrogens with one attached hydrogen (secondary N) is 1. The molecule has 96 valence electrons. The van der Waals surface area contributed by atoms with Gasteiger partial charge in [0.05, 0.1) is 0 Å². The first kappa shape index (κ1) is 14.5. The molecule has 0 fully saturated rings. The molecule has 1 N–H and O–H groups in total. The molecule has 0 saturated carbocycles. The van der Waals surface area contributed by atoms with Gasteiger partial charge in [-0.3, -0.25) is 0 Å². The highest BCUT2D eigenvalue weighted by atomic mass is 79.9. The number of benzene rings is 1. The Morgan fingerprint density at radius 2 is 1.82 bits per heavy atom. The Morgan fingerprint density at radius 3 is 2.41 bits per heavy atom. The van der Waals surface area contributed by atoms with Crippen LogP contribution in [-0.4, -0.2) is 19.7 Å². The number of hydrogen-bond acceptors (Lipinski definition) is 2. The highest BCUT2D eigenvalue weighted by molar-refractivity contribution is 9.10. The molecule has 0 amide bonds. The third-order valence-corrected chi connectivity index (χ3v) is 3.48. The van der Waals surface area contributed by atoms with Crippen LogP contribution in [0.15, 0.2) is 28.7 Å². The highest BCUT2D eigenvalue weighted by Gasteiger charge is 2.01. The number of halogens is 1. The topological polar surface area (TPSA) is 21.3 Å². The minimum absolute atomic E-state index is 0.724. The van der Waals surface area contributed by atoms with E-state index in [1.165, 1.54) is 12.8 Å². The maximum Gasteiger partial charge on any atom is 0.119 e. The minimum Gasteiger partial charge on any atom is -0.492 e. The first-order chi connectivity index (χ1) is 8.26. The fourth-order valence-electron chi connectivity index (χ4n) is 1.66. The second-order valence-electron chi connectivity index (χ2n) is 4.19. The molecule has 0 unspecified atom stereocenters. The summed E-state index contributed by atoms with van der Waals surface area (Å²) in [5, 5.41) is 3.43. The van der Waals surface area contributed by atoms with Gasteiger partial charge in [0.2, 0.25) is 0 Å². The fraction of sp³-hybridized carbons (Fsp3) is 0.571. The van der Waals surface area contributed by atoms with Crippen molar-refractivity contribution < 1.29 is 4.74 Å². The van der Waals surface area contributed by atoms with Crippen LogP contribution in [0.25, 0.3) is 0 Å². The smallest absolute Gasteiger partial charge is 0.119 e. The Balaban J connectivity index is 2.10. The standard InChI is InChI=1S/C14H22BrNO/c1-3-12(4-2)11-16-9-10-17-14-7-5-13(15)6-8-14/h5-8,12,16H,3-4,9-11H2,1-2H3. The van der Waals surface area contributed by atoms with Gasteiger partial charge >= 0.3 is 0 Å². The lowest BCUT2D eigenvalue weighted by Crippen LogP contribution is -2.26. The van der Waals surface area contributed by atoms with Gasteiger partial charge < -0.3 is 10.1 Å². The summed E-state index contributed by atoms with van der Waals surface area (Å²) in [4.78, 5) is 0. The second kappa shape index (κ2) is 8.54. The molecule has 0 radical (unpaired) electrons. The van der Waals surface area contributed by atoms with Crippen molar-refractivity contribution in [3.63, 3.8) is 0 Å². The average Bonchev–Trinajstić information content (AvgIpc) is 2.36. The molecule has 0 aliphatic carbocycles. The van der Waals surface area contributed by atoms with Gasteiger partial charge in [-0.25, -0.2) is 0 Å². The van der Waals surface area contributed by atoms with E-state index in [9.17, 15) is 0 Å². The van der Waals surface area contributed by atoms with Crippen LogP contribution in [0.4, 0.5) is 0 Å². The molecule has 17 heavy (non-hydrogen) atoms. The summed E-state index contributed by atoms with van der Waals surface area (Å²) in [6, 6.07) is 7.94. The van der Waals surface area contributed by atoms with E-state index < -0.39 is 0 Å². The Labute approximate surface area is 113 Å². The second-order valence-corrected chi connectivity index (χ2v) is 5.10. The molecule has 0 atom stereocenters. The van der Waals surface area contributed by atoms with E-state index in [0.717, 1.165) is 35.8 Å². The third kappa shape index (κ3) is 6.08. The van der Waals surface area contributed by atoms with Crippen LogP contribution in [0.2, 0.25) is 0 Å². The molecule has 1 rings (SSSR count). The lowest BCUT2D eigenvalue weighted by atomic mass is 10.0. The molecule has 1 aromatic carbocycles. The van der Waals surface area contributed by atoms with Crippen LogP contribution in [0.5, 0.6) is 5.75 Å². The van der Waals surface area contributed by atoms with E-state index in [2.05, 4.69) is 35.1 Å². The summed E-state index contributed by atoms with van der Waals surface area (Å²) < 4.78 is 6.71. The molecule has 0 aliphatic rings. The molecule has 3 heteroatoms. The molecule has 0 aliphatic heterocycles. The molecular weight excluding hydrogens is 278 g/mol. The zero-order valence-corrected chi connectivity index (χ0v) is 12.3. The molecule has 0 aromatic heterocycles. The van der Waals surface area contributed by atoms with Crippen molar-refractivity contribution in [1.29, 1.82) is 0 Å². The summed E-state index contributed by atoms with van der Waals surface area (Å²) >= 11 is 3.40. The predicted octanol–water partition coefficient (Wildman–Crippen LogP) is 3.85. The van der Waals surface area contributed by atoms with Crippen LogP contribution in [-0.2, 0) is 0 Å². The fourth-order valence-corrected chi connectivity index (χ4v) is 1.92. The monoisotopic (exact) mass is 299 g/mol. The van der Waals surface area contributed by atoms with Gasteiger partial charge in [-0.05, 0) is 36.7 Å². The summed E-state index contributed by atoms with van der Waals surface area (Å²) in [7, 11) is 0. The minimum atomic E-state index is 0.724. The van der Waals surface area contributed by atoms with E-state index in [0.29, 0.717) is 0 Å². The molecule has 0 bridgehead atoms. The van der Waals surface area contributed by atoms with Crippen molar-refractivity contribution in [2.75, 3.05) is 19.7 Å². The Morgan fingerprint density at radius 1 is 1.18 bits per heavy atom. The predicted molar refractivity (Wildman–Crippen MR) is 76.6 cm³/mol. The maximum atomic E-state index is 5.63. The third-order valence-electron chi connectivity index (χ3n) is 2.95. The largest absolute Gasteiger partial charge is 0.492 e. The van der Waals surface area contributed by atoms with Crippen LogP contribution in [0.3, 0.4) is 0 Å². The lowest BCUT2D eigenvalue weighted by Gasteiger charge is -2.13. The SMILES string of the molecule is CCC(CC)CNCCOc1ccc(Br)cc1. The van der Waals surface area contributed by atoms with Crippen LogP contribution >= 0.6 is 15.9 Å². The van der Waals surface area contributed by atoms with Gasteiger partial charge in [0.15, 0.2) is 0 Å². The zero-order valence-electron chi connectivity index (χ0n) is 10.7. The van der Waals surface area contributed by atoms with Gasteiger partial charge in [0.25, 0.3) is 0 Å². The Bertz CT molecular complexity index is 296. The quantitative estimate of drug-likeness (QED) is 0.736. The average molecular weight is 300 g/mol. The molecule has 0 spiro atoms. The lowest BCUT2D eigenvalue weighted by molar-refractivity contribution is 0.307. The van der Waals surface area contributed by atoms with E-state index in [1.54, 1.807) is 0 Å². The van der Waals surface area contributed by atoms with Gasteiger partial charge in [0.1, 0.15) is 12.4 Å². The first-order valence-electron chi connectivity index (χ1n) is 6.35. The van der Waals surface area contributed by atoms with Crippen molar-refractivity contribution in [2.24, 2.45) is 5.92 Å². The highest BCUT2D eigenvalue weighted by Crippen LogP contribution is 2.15. The Kier molecular flexibility index (Phi) is 7.29. The van der Waals surface area contributed by atoms with Crippen LogP contribution in [0, 0.1) is 5.92 Å². The van der Waals surface area contributed by atoms with Gasteiger partial charge in [-0.15, -0.1) is 0 Å². The van der Waals surface area contributed by atoms with Gasteiger partial charge in [0, 0.05) is 11.0 Å². The van der Waals surface area contributed by atoms with E-state index in [1.807, 2.05) is 24.3 Å². The summed E-state index contributed by atoms with van der Waals surface area (Å²) in [5.41, 5.74) is 0.